The van der Waals surface area contributed by atoms with Crippen LogP contribution in [-0.4, -0.2) is 50.1 Å². The van der Waals surface area contributed by atoms with Crippen LogP contribution in [-0.2, 0) is 4.79 Å². The smallest absolute Gasteiger partial charge is 0.220 e. The van der Waals surface area contributed by atoms with Crippen molar-refractivity contribution >= 4 is 5.91 Å². The molecule has 0 radical (unpaired) electrons. The predicted octanol–water partition coefficient (Wildman–Crippen LogP) is 1.61. The van der Waals surface area contributed by atoms with E-state index in [4.69, 9.17) is 0 Å². The Kier molecular flexibility index (Phi) is 8.07. The summed E-state index contributed by atoms with van der Waals surface area (Å²) in [5.41, 5.74) is 0. The topological polar surface area (TPSA) is 44.4 Å². The molecule has 0 aromatic heterocycles. The number of hydrogen-bond acceptors (Lipinski definition) is 3. The van der Waals surface area contributed by atoms with Crippen molar-refractivity contribution in [1.82, 2.24) is 15.5 Å². The van der Waals surface area contributed by atoms with E-state index < -0.39 is 0 Å². The van der Waals surface area contributed by atoms with Crippen LogP contribution in [0.3, 0.4) is 0 Å². The monoisotopic (exact) mass is 269 g/mol. The number of amides is 1. The second-order valence-electron chi connectivity index (χ2n) is 6.05. The minimum atomic E-state index is 0.228. The Bertz CT molecular complexity index is 250. The molecule has 4 nitrogen and oxygen atoms in total. The van der Waals surface area contributed by atoms with E-state index in [1.807, 2.05) is 0 Å². The lowest BCUT2D eigenvalue weighted by Gasteiger charge is -2.22. The maximum absolute atomic E-state index is 11.8. The van der Waals surface area contributed by atoms with Gasteiger partial charge in [0.1, 0.15) is 0 Å². The van der Waals surface area contributed by atoms with Crippen LogP contribution < -0.4 is 10.6 Å². The van der Waals surface area contributed by atoms with Crippen LogP contribution in [0.15, 0.2) is 0 Å². The predicted molar refractivity (Wildman–Crippen MR) is 80.2 cm³/mol. The molecular formula is C15H31N3O. The van der Waals surface area contributed by atoms with Gasteiger partial charge in [-0.1, -0.05) is 0 Å². The highest BCUT2D eigenvalue weighted by molar-refractivity contribution is 5.76. The Morgan fingerprint density at radius 2 is 2.21 bits per heavy atom. The zero-order chi connectivity index (χ0) is 14.1. The van der Waals surface area contributed by atoms with Crippen molar-refractivity contribution in [2.24, 2.45) is 5.92 Å². The summed E-state index contributed by atoms with van der Waals surface area (Å²) in [6.45, 7) is 8.47. The maximum Gasteiger partial charge on any atom is 0.220 e. The number of unbranched alkanes of at least 4 members (excludes halogenated alkanes) is 1. The minimum absolute atomic E-state index is 0.228. The standard InChI is InChI=1S/C15H31N3O/c1-13(2)18(3)10-5-4-9-17-15(19)11-14-7-6-8-16-12-14/h13-14,16H,4-12H2,1-3H3,(H,17,19). The molecule has 1 saturated heterocycles. The van der Waals surface area contributed by atoms with E-state index in [0.717, 1.165) is 39.0 Å². The highest BCUT2D eigenvalue weighted by Crippen LogP contribution is 2.13. The summed E-state index contributed by atoms with van der Waals surface area (Å²) in [6.07, 6.45) is 5.32. The molecule has 1 amide bonds. The SMILES string of the molecule is CC(C)N(C)CCCCNC(=O)CC1CCCNC1. The Morgan fingerprint density at radius 3 is 2.84 bits per heavy atom. The summed E-state index contributed by atoms with van der Waals surface area (Å²) >= 11 is 0. The minimum Gasteiger partial charge on any atom is -0.356 e. The molecule has 0 aromatic carbocycles. The lowest BCUT2D eigenvalue weighted by atomic mass is 9.96. The van der Waals surface area contributed by atoms with Crippen LogP contribution in [0, 0.1) is 5.92 Å². The van der Waals surface area contributed by atoms with Gasteiger partial charge < -0.3 is 15.5 Å². The average Bonchev–Trinajstić information content (AvgIpc) is 2.39. The van der Waals surface area contributed by atoms with Gasteiger partial charge in [-0.3, -0.25) is 4.79 Å². The van der Waals surface area contributed by atoms with Crippen molar-refractivity contribution < 1.29 is 4.79 Å². The number of piperidine rings is 1. The Morgan fingerprint density at radius 1 is 1.42 bits per heavy atom. The van der Waals surface area contributed by atoms with Gasteiger partial charge in [0.2, 0.25) is 5.91 Å². The Hall–Kier alpha value is -0.610. The van der Waals surface area contributed by atoms with Crippen LogP contribution in [0.5, 0.6) is 0 Å². The van der Waals surface area contributed by atoms with E-state index in [0.29, 0.717) is 18.4 Å². The lowest BCUT2D eigenvalue weighted by Crippen LogP contribution is -2.34. The van der Waals surface area contributed by atoms with Crippen molar-refractivity contribution in [2.75, 3.05) is 33.2 Å². The molecule has 0 aliphatic carbocycles. The number of nitrogens with one attached hydrogen (secondary N) is 2. The van der Waals surface area contributed by atoms with Crippen LogP contribution in [0.1, 0.15) is 46.0 Å². The molecule has 0 bridgehead atoms. The van der Waals surface area contributed by atoms with Crippen LogP contribution in [0.25, 0.3) is 0 Å². The second kappa shape index (κ2) is 9.32. The van der Waals surface area contributed by atoms with Gasteiger partial charge in [-0.25, -0.2) is 0 Å². The fourth-order valence-electron chi connectivity index (χ4n) is 2.40. The molecule has 1 rings (SSSR count). The summed E-state index contributed by atoms with van der Waals surface area (Å²) < 4.78 is 0. The number of carbonyl (C=O) groups is 1. The molecule has 112 valence electrons. The lowest BCUT2D eigenvalue weighted by molar-refractivity contribution is -0.122. The molecule has 0 spiro atoms. The molecule has 1 unspecified atom stereocenters. The van der Waals surface area contributed by atoms with Crippen molar-refractivity contribution in [3.8, 4) is 0 Å². The molecule has 1 heterocycles. The first-order valence-corrected chi connectivity index (χ1v) is 7.77. The molecular weight excluding hydrogens is 238 g/mol. The molecule has 1 aliphatic rings. The van der Waals surface area contributed by atoms with Gasteiger partial charge in [0.15, 0.2) is 0 Å². The normalized spacial score (nSPS) is 19.9. The molecule has 1 atom stereocenters. The fourth-order valence-corrected chi connectivity index (χ4v) is 2.40. The number of rotatable bonds is 8. The fraction of sp³-hybridized carbons (Fsp3) is 0.933. The number of carbonyl (C=O) groups excluding carboxylic acids is 1. The van der Waals surface area contributed by atoms with Gasteiger partial charge in [-0.15, -0.1) is 0 Å². The average molecular weight is 269 g/mol. The molecule has 2 N–H and O–H groups in total. The van der Waals surface area contributed by atoms with E-state index in [-0.39, 0.29) is 5.91 Å². The largest absolute Gasteiger partial charge is 0.356 e. The quantitative estimate of drug-likeness (QED) is 0.658. The second-order valence-corrected chi connectivity index (χ2v) is 6.05. The summed E-state index contributed by atoms with van der Waals surface area (Å²) in [5, 5.41) is 6.40. The third-order valence-electron chi connectivity index (χ3n) is 4.01. The van der Waals surface area contributed by atoms with E-state index in [9.17, 15) is 4.79 Å². The van der Waals surface area contributed by atoms with Crippen molar-refractivity contribution in [3.63, 3.8) is 0 Å². The third-order valence-corrected chi connectivity index (χ3v) is 4.01. The van der Waals surface area contributed by atoms with Crippen molar-refractivity contribution in [1.29, 1.82) is 0 Å². The van der Waals surface area contributed by atoms with E-state index >= 15 is 0 Å². The number of nitrogens with zero attached hydrogens (tertiary/aromatic N) is 1. The van der Waals surface area contributed by atoms with Gasteiger partial charge in [0, 0.05) is 19.0 Å². The zero-order valence-electron chi connectivity index (χ0n) is 12.9. The van der Waals surface area contributed by atoms with E-state index in [1.165, 1.54) is 12.8 Å². The maximum atomic E-state index is 11.8. The summed E-state index contributed by atoms with van der Waals surface area (Å²) in [7, 11) is 2.15. The highest BCUT2D eigenvalue weighted by atomic mass is 16.1. The van der Waals surface area contributed by atoms with Crippen molar-refractivity contribution in [3.05, 3.63) is 0 Å². The first-order valence-electron chi connectivity index (χ1n) is 7.77. The van der Waals surface area contributed by atoms with Gasteiger partial charge in [0.05, 0.1) is 0 Å². The molecule has 19 heavy (non-hydrogen) atoms. The summed E-state index contributed by atoms with van der Waals surface area (Å²) in [4.78, 5) is 14.1. The van der Waals surface area contributed by atoms with Gasteiger partial charge >= 0.3 is 0 Å². The Balaban J connectivity index is 1.98. The molecule has 1 aliphatic heterocycles. The van der Waals surface area contributed by atoms with Crippen molar-refractivity contribution in [2.45, 2.75) is 52.0 Å². The zero-order valence-corrected chi connectivity index (χ0v) is 12.9. The van der Waals surface area contributed by atoms with E-state index in [2.05, 4.69) is 36.4 Å². The van der Waals surface area contributed by atoms with Crippen LogP contribution >= 0.6 is 0 Å². The first-order chi connectivity index (χ1) is 9.09. The molecule has 0 saturated carbocycles. The van der Waals surface area contributed by atoms with Gasteiger partial charge in [-0.2, -0.15) is 0 Å². The number of hydrogen-bond donors (Lipinski definition) is 2. The molecule has 1 fully saturated rings. The van der Waals surface area contributed by atoms with Crippen LogP contribution in [0.2, 0.25) is 0 Å². The molecule has 4 heteroatoms. The highest BCUT2D eigenvalue weighted by Gasteiger charge is 2.16. The van der Waals surface area contributed by atoms with Crippen LogP contribution in [0.4, 0.5) is 0 Å². The first kappa shape index (κ1) is 16.4. The van der Waals surface area contributed by atoms with Gasteiger partial charge in [0.25, 0.3) is 0 Å². The Labute approximate surface area is 118 Å². The van der Waals surface area contributed by atoms with E-state index in [1.54, 1.807) is 0 Å². The van der Waals surface area contributed by atoms with Gasteiger partial charge in [-0.05, 0) is 72.1 Å². The summed E-state index contributed by atoms with van der Waals surface area (Å²) in [6, 6.07) is 0.605. The molecule has 0 aromatic rings. The summed E-state index contributed by atoms with van der Waals surface area (Å²) in [5.74, 6) is 0.770. The third kappa shape index (κ3) is 7.53.